The normalized spacial score (nSPS) is 14.9. The second-order valence-electron chi connectivity index (χ2n) is 9.63. The zero-order chi connectivity index (χ0) is 20.9. The number of nitrogens with zero attached hydrogens (tertiary/aromatic N) is 2. The lowest BCUT2D eigenvalue weighted by Crippen LogP contribution is -2.18. The Balaban J connectivity index is 2.14. The number of aromatic hydroxyl groups is 1. The van der Waals surface area contributed by atoms with E-state index in [-0.39, 0.29) is 10.8 Å². The Morgan fingerprint density at radius 1 is 0.786 bits per heavy atom. The summed E-state index contributed by atoms with van der Waals surface area (Å²) in [5.41, 5.74) is 6.02. The predicted octanol–water partition coefficient (Wildman–Crippen LogP) is 6.06. The minimum Gasteiger partial charge on any atom is -0.507 e. The van der Waals surface area contributed by atoms with Gasteiger partial charge in [-0.15, -0.1) is 0 Å². The quantitative estimate of drug-likeness (QED) is 0.682. The fourth-order valence-electron chi connectivity index (χ4n) is 3.35. The molecule has 1 heterocycles. The van der Waals surface area contributed by atoms with Crippen molar-refractivity contribution >= 4 is 11.5 Å². The maximum Gasteiger partial charge on any atom is 0.160 e. The highest BCUT2D eigenvalue weighted by Gasteiger charge is 2.28. The lowest BCUT2D eigenvalue weighted by molar-refractivity contribution is 0.423. The summed E-state index contributed by atoms with van der Waals surface area (Å²) < 4.78 is 0. The molecule has 1 aliphatic heterocycles. The van der Waals surface area contributed by atoms with Crippen LogP contribution in [0, 0.1) is 6.92 Å². The summed E-state index contributed by atoms with van der Waals surface area (Å²) in [4.78, 5) is 9.45. The van der Waals surface area contributed by atoms with Gasteiger partial charge in [-0.25, -0.2) is 9.98 Å². The van der Waals surface area contributed by atoms with Crippen molar-refractivity contribution in [2.24, 2.45) is 9.98 Å². The number of aliphatic imine (C=N–C) groups is 2. The fourth-order valence-corrected chi connectivity index (χ4v) is 3.35. The van der Waals surface area contributed by atoms with Crippen molar-refractivity contribution in [3.63, 3.8) is 0 Å². The van der Waals surface area contributed by atoms with Gasteiger partial charge in [0.1, 0.15) is 5.75 Å². The largest absolute Gasteiger partial charge is 0.507 e. The number of amidine groups is 1. The van der Waals surface area contributed by atoms with Crippen molar-refractivity contribution in [1.29, 1.82) is 0 Å². The van der Waals surface area contributed by atoms with Crippen LogP contribution in [0.1, 0.15) is 69.4 Å². The number of aryl methyl sites for hydroxylation is 1. The SMILES string of the molecule is C=C1N=C(c2cc(C(C)(C)C)c(O)c(C(C)(C)C)c2)N=C1c1ccc(C)cc1. The number of rotatable bonds is 2. The van der Waals surface area contributed by atoms with Crippen LogP contribution in [0.2, 0.25) is 0 Å². The molecule has 1 N–H and O–H groups in total. The standard InChI is InChI=1S/C25H30N2O/c1-15-9-11-17(12-10-15)21-16(2)26-23(27-21)18-13-19(24(3,4)5)22(28)20(14-18)25(6,7)8/h9-14,28H,2H2,1,3-8H3. The maximum absolute atomic E-state index is 10.9. The van der Waals surface area contributed by atoms with Gasteiger partial charge in [0.15, 0.2) is 5.84 Å². The zero-order valence-electron chi connectivity index (χ0n) is 18.0. The topological polar surface area (TPSA) is 45.0 Å². The van der Waals surface area contributed by atoms with Crippen LogP contribution in [0.4, 0.5) is 0 Å². The number of phenolic OH excluding ortho intramolecular Hbond substituents is 1. The molecule has 0 saturated carbocycles. The van der Waals surface area contributed by atoms with Gasteiger partial charge in [-0.1, -0.05) is 78.0 Å². The van der Waals surface area contributed by atoms with Gasteiger partial charge in [-0.2, -0.15) is 0 Å². The summed E-state index contributed by atoms with van der Waals surface area (Å²) in [7, 11) is 0. The molecule has 0 bridgehead atoms. The van der Waals surface area contributed by atoms with Crippen LogP contribution < -0.4 is 0 Å². The van der Waals surface area contributed by atoms with E-state index in [0.717, 1.165) is 28.0 Å². The maximum atomic E-state index is 10.9. The van der Waals surface area contributed by atoms with E-state index in [1.807, 2.05) is 12.1 Å². The van der Waals surface area contributed by atoms with E-state index in [9.17, 15) is 5.11 Å². The Morgan fingerprint density at radius 2 is 1.29 bits per heavy atom. The van der Waals surface area contributed by atoms with Crippen LogP contribution in [0.15, 0.2) is 58.7 Å². The van der Waals surface area contributed by atoms with Crippen LogP contribution in [0.25, 0.3) is 0 Å². The van der Waals surface area contributed by atoms with Crippen molar-refractivity contribution in [3.8, 4) is 5.75 Å². The average molecular weight is 375 g/mol. The fraction of sp³-hybridized carbons (Fsp3) is 0.360. The van der Waals surface area contributed by atoms with Gasteiger partial charge >= 0.3 is 0 Å². The van der Waals surface area contributed by atoms with Crippen molar-refractivity contribution in [3.05, 3.63) is 76.5 Å². The van der Waals surface area contributed by atoms with Gasteiger partial charge in [-0.05, 0) is 29.9 Å². The molecule has 146 valence electrons. The number of allylic oxidation sites excluding steroid dienone is 1. The second kappa shape index (κ2) is 6.73. The van der Waals surface area contributed by atoms with E-state index < -0.39 is 0 Å². The first-order valence-corrected chi connectivity index (χ1v) is 9.70. The van der Waals surface area contributed by atoms with Gasteiger partial charge in [0.05, 0.1) is 11.4 Å². The van der Waals surface area contributed by atoms with E-state index >= 15 is 0 Å². The van der Waals surface area contributed by atoms with Crippen molar-refractivity contribution in [2.75, 3.05) is 0 Å². The lowest BCUT2D eigenvalue weighted by Gasteiger charge is -2.28. The summed E-state index contributed by atoms with van der Waals surface area (Å²) in [5, 5.41) is 10.9. The van der Waals surface area contributed by atoms with E-state index in [2.05, 4.69) is 84.3 Å². The molecule has 28 heavy (non-hydrogen) atoms. The minimum atomic E-state index is -0.195. The highest BCUT2D eigenvalue weighted by Crippen LogP contribution is 2.40. The third-order valence-electron chi connectivity index (χ3n) is 5.04. The first kappa shape index (κ1) is 20.1. The molecule has 3 rings (SSSR count). The van der Waals surface area contributed by atoms with Crippen LogP contribution in [0.3, 0.4) is 0 Å². The summed E-state index contributed by atoms with van der Waals surface area (Å²) in [6.07, 6.45) is 0. The Labute approximate surface area is 168 Å². The van der Waals surface area contributed by atoms with E-state index in [1.165, 1.54) is 5.56 Å². The summed E-state index contributed by atoms with van der Waals surface area (Å²) >= 11 is 0. The highest BCUT2D eigenvalue weighted by molar-refractivity contribution is 6.24. The molecule has 0 radical (unpaired) electrons. The Hall–Kier alpha value is -2.68. The predicted molar refractivity (Wildman–Crippen MR) is 119 cm³/mol. The number of hydrogen-bond donors (Lipinski definition) is 1. The van der Waals surface area contributed by atoms with Crippen LogP contribution in [-0.4, -0.2) is 16.7 Å². The first-order chi connectivity index (χ1) is 12.9. The molecule has 2 aromatic carbocycles. The third kappa shape index (κ3) is 3.80. The third-order valence-corrected chi connectivity index (χ3v) is 5.04. The zero-order valence-corrected chi connectivity index (χ0v) is 18.0. The van der Waals surface area contributed by atoms with Crippen molar-refractivity contribution < 1.29 is 5.11 Å². The smallest absolute Gasteiger partial charge is 0.160 e. The molecule has 0 aromatic heterocycles. The number of phenols is 1. The summed E-state index contributed by atoms with van der Waals surface area (Å²) in [6, 6.07) is 12.3. The molecule has 3 heteroatoms. The van der Waals surface area contributed by atoms with Gasteiger partial charge in [0, 0.05) is 22.3 Å². The Kier molecular flexibility index (Phi) is 4.82. The second-order valence-corrected chi connectivity index (χ2v) is 9.63. The molecular weight excluding hydrogens is 344 g/mol. The first-order valence-electron chi connectivity index (χ1n) is 9.70. The van der Waals surface area contributed by atoms with Gasteiger partial charge in [0.2, 0.25) is 0 Å². The number of benzene rings is 2. The highest BCUT2D eigenvalue weighted by atomic mass is 16.3. The molecule has 2 aromatic rings. The average Bonchev–Trinajstić information content (AvgIpc) is 2.95. The molecule has 0 saturated heterocycles. The minimum absolute atomic E-state index is 0.195. The lowest BCUT2D eigenvalue weighted by atomic mass is 9.78. The van der Waals surface area contributed by atoms with Crippen LogP contribution in [0.5, 0.6) is 5.75 Å². The molecule has 3 nitrogen and oxygen atoms in total. The molecule has 0 unspecified atom stereocenters. The van der Waals surface area contributed by atoms with Gasteiger partial charge < -0.3 is 5.11 Å². The molecule has 0 fully saturated rings. The molecule has 0 spiro atoms. The molecular formula is C25H30N2O. The Bertz CT molecular complexity index is 959. The van der Waals surface area contributed by atoms with Crippen LogP contribution >= 0.6 is 0 Å². The van der Waals surface area contributed by atoms with Gasteiger partial charge in [0.25, 0.3) is 0 Å². The van der Waals surface area contributed by atoms with E-state index in [1.54, 1.807) is 0 Å². The van der Waals surface area contributed by atoms with Gasteiger partial charge in [-0.3, -0.25) is 0 Å². The van der Waals surface area contributed by atoms with Crippen LogP contribution in [-0.2, 0) is 10.8 Å². The molecule has 0 amide bonds. The van der Waals surface area contributed by atoms with E-state index in [0.29, 0.717) is 17.3 Å². The molecule has 0 aliphatic carbocycles. The monoisotopic (exact) mass is 374 g/mol. The molecule has 0 atom stereocenters. The Morgan fingerprint density at radius 3 is 1.75 bits per heavy atom. The summed E-state index contributed by atoms with van der Waals surface area (Å²) in [5.74, 6) is 1.01. The number of hydrogen-bond acceptors (Lipinski definition) is 3. The molecule has 1 aliphatic rings. The van der Waals surface area contributed by atoms with Crippen molar-refractivity contribution in [2.45, 2.75) is 59.3 Å². The summed E-state index contributed by atoms with van der Waals surface area (Å²) in [6.45, 7) is 18.8. The van der Waals surface area contributed by atoms with Crippen molar-refractivity contribution in [1.82, 2.24) is 0 Å². The van der Waals surface area contributed by atoms with E-state index in [4.69, 9.17) is 4.99 Å².